The molecule has 170 valence electrons. The van der Waals surface area contributed by atoms with Gasteiger partial charge < -0.3 is 20.7 Å². The van der Waals surface area contributed by atoms with Gasteiger partial charge in [-0.3, -0.25) is 0 Å². The molecule has 1 aromatic rings. The number of aliphatic imine (C=N–C) groups is 1. The second-order valence-electron chi connectivity index (χ2n) is 8.16. The highest BCUT2D eigenvalue weighted by Gasteiger charge is 2.33. The van der Waals surface area contributed by atoms with Crippen LogP contribution in [-0.4, -0.2) is 41.3 Å². The van der Waals surface area contributed by atoms with Crippen LogP contribution in [0.3, 0.4) is 0 Å². The van der Waals surface area contributed by atoms with Crippen LogP contribution in [0.1, 0.15) is 64.1 Å². The first kappa shape index (κ1) is 24.2. The summed E-state index contributed by atoms with van der Waals surface area (Å²) < 4.78 is 43.3. The number of nitrogens with zero attached hydrogens (tertiary/aromatic N) is 2. The van der Waals surface area contributed by atoms with Gasteiger partial charge in [0.25, 0.3) is 0 Å². The summed E-state index contributed by atoms with van der Waals surface area (Å²) in [5, 5.41) is 10.7. The van der Waals surface area contributed by atoms with E-state index in [1.54, 1.807) is 0 Å². The van der Waals surface area contributed by atoms with E-state index in [4.69, 9.17) is 4.74 Å². The van der Waals surface area contributed by atoms with Gasteiger partial charge in [0.2, 0.25) is 0 Å². The van der Waals surface area contributed by atoms with Gasteiger partial charge in [-0.25, -0.2) is 14.8 Å². The molecule has 0 spiro atoms. The van der Waals surface area contributed by atoms with E-state index < -0.39 is 23.6 Å². The molecular weight excluding hydrogens is 419 g/mol. The summed E-state index contributed by atoms with van der Waals surface area (Å²) in [7, 11) is 0. The van der Waals surface area contributed by atoms with Gasteiger partial charge in [0.15, 0.2) is 11.7 Å². The summed E-state index contributed by atoms with van der Waals surface area (Å²) in [4.78, 5) is 19.9. The molecular formula is C19H30F3N5O2S. The Kier molecular flexibility index (Phi) is 8.34. The third-order valence-corrected chi connectivity index (χ3v) is 5.18. The Morgan fingerprint density at radius 3 is 2.30 bits per heavy atom. The van der Waals surface area contributed by atoms with Gasteiger partial charge in [-0.2, -0.15) is 13.2 Å². The number of carbonyl (C=O) groups excluding carboxylic acids is 1. The Bertz CT molecular complexity index is 722. The van der Waals surface area contributed by atoms with E-state index in [2.05, 4.69) is 25.9 Å². The predicted octanol–water partition coefficient (Wildman–Crippen LogP) is 4.05. The van der Waals surface area contributed by atoms with Crippen LogP contribution in [0.4, 0.5) is 18.0 Å². The van der Waals surface area contributed by atoms with Crippen molar-refractivity contribution in [2.45, 2.75) is 83.8 Å². The number of rotatable bonds is 5. The van der Waals surface area contributed by atoms with E-state index in [0.29, 0.717) is 17.5 Å². The quantitative estimate of drug-likeness (QED) is 0.466. The van der Waals surface area contributed by atoms with Crippen molar-refractivity contribution in [2.24, 2.45) is 4.99 Å². The standard InChI is InChI=1S/C19H30F3N5O2S/c1-5-23-16(24-10-15-27-14(11-30-15)19(20,21)22)25-12-6-8-13(9-7-12)26-17(28)29-18(2,3)4/h11-13H,5-10H2,1-4H3,(H,26,28)(H2,23,24,25). The van der Waals surface area contributed by atoms with Crippen molar-refractivity contribution in [1.29, 1.82) is 0 Å². The first-order valence-corrected chi connectivity index (χ1v) is 10.9. The maximum atomic E-state index is 12.7. The number of guanidine groups is 1. The van der Waals surface area contributed by atoms with E-state index in [0.717, 1.165) is 42.4 Å². The van der Waals surface area contributed by atoms with Crippen molar-refractivity contribution in [3.63, 3.8) is 0 Å². The van der Waals surface area contributed by atoms with E-state index in [9.17, 15) is 18.0 Å². The van der Waals surface area contributed by atoms with Crippen LogP contribution < -0.4 is 16.0 Å². The van der Waals surface area contributed by atoms with Crippen LogP contribution in [-0.2, 0) is 17.5 Å². The van der Waals surface area contributed by atoms with Crippen molar-refractivity contribution in [2.75, 3.05) is 6.54 Å². The second kappa shape index (κ2) is 10.3. The van der Waals surface area contributed by atoms with Gasteiger partial charge in [-0.1, -0.05) is 0 Å². The normalized spacial score (nSPS) is 20.6. The molecule has 7 nitrogen and oxygen atoms in total. The van der Waals surface area contributed by atoms with Gasteiger partial charge in [0, 0.05) is 24.0 Å². The van der Waals surface area contributed by atoms with Crippen molar-refractivity contribution in [3.8, 4) is 0 Å². The average molecular weight is 450 g/mol. The molecule has 0 saturated heterocycles. The molecule has 0 atom stereocenters. The average Bonchev–Trinajstić information content (AvgIpc) is 3.09. The first-order chi connectivity index (χ1) is 14.0. The number of halogens is 3. The number of carbonyl (C=O) groups is 1. The smallest absolute Gasteiger partial charge is 0.434 e. The monoisotopic (exact) mass is 449 g/mol. The van der Waals surface area contributed by atoms with Crippen molar-refractivity contribution >= 4 is 23.4 Å². The fourth-order valence-corrected chi connectivity index (χ4v) is 3.75. The molecule has 1 aromatic heterocycles. The Hall–Kier alpha value is -2.04. The van der Waals surface area contributed by atoms with Crippen LogP contribution in [0.15, 0.2) is 10.4 Å². The van der Waals surface area contributed by atoms with Crippen molar-refractivity contribution in [3.05, 3.63) is 16.1 Å². The molecule has 30 heavy (non-hydrogen) atoms. The molecule has 3 N–H and O–H groups in total. The number of alkyl halides is 3. The largest absolute Gasteiger partial charge is 0.444 e. The minimum atomic E-state index is -4.44. The Morgan fingerprint density at radius 2 is 1.80 bits per heavy atom. The maximum Gasteiger partial charge on any atom is 0.434 e. The zero-order chi connectivity index (χ0) is 22.4. The third-order valence-electron chi connectivity index (χ3n) is 4.35. The summed E-state index contributed by atoms with van der Waals surface area (Å²) >= 11 is 0.946. The number of hydrogen-bond donors (Lipinski definition) is 3. The number of amides is 1. The molecule has 1 aliphatic carbocycles. The van der Waals surface area contributed by atoms with Gasteiger partial charge in [0.05, 0.1) is 6.54 Å². The highest BCUT2D eigenvalue weighted by atomic mass is 32.1. The Balaban J connectivity index is 1.84. The van der Waals surface area contributed by atoms with Crippen LogP contribution in [0.5, 0.6) is 0 Å². The molecule has 1 fully saturated rings. The van der Waals surface area contributed by atoms with E-state index >= 15 is 0 Å². The molecule has 0 bridgehead atoms. The fourth-order valence-electron chi connectivity index (χ4n) is 3.03. The van der Waals surface area contributed by atoms with Crippen LogP contribution in [0, 0.1) is 0 Å². The fraction of sp³-hybridized carbons (Fsp3) is 0.737. The lowest BCUT2D eigenvalue weighted by atomic mass is 9.91. The lowest BCUT2D eigenvalue weighted by molar-refractivity contribution is -0.140. The molecule has 2 rings (SSSR count). The first-order valence-electron chi connectivity index (χ1n) is 10.0. The molecule has 1 saturated carbocycles. The minimum absolute atomic E-state index is 0.0635. The summed E-state index contributed by atoms with van der Waals surface area (Å²) in [6, 6.07) is 0.232. The summed E-state index contributed by atoms with van der Waals surface area (Å²) in [6.07, 6.45) is -1.57. The molecule has 0 unspecified atom stereocenters. The van der Waals surface area contributed by atoms with E-state index in [-0.39, 0.29) is 18.6 Å². The SMILES string of the molecule is CCNC(=NCc1nc(C(F)(F)F)cs1)NC1CCC(NC(=O)OC(C)(C)C)CC1. The van der Waals surface area contributed by atoms with Gasteiger partial charge in [0.1, 0.15) is 10.6 Å². The topological polar surface area (TPSA) is 87.6 Å². The zero-order valence-electron chi connectivity index (χ0n) is 17.7. The highest BCUT2D eigenvalue weighted by Crippen LogP contribution is 2.30. The van der Waals surface area contributed by atoms with E-state index in [1.165, 1.54) is 0 Å². The number of hydrogen-bond acceptors (Lipinski definition) is 5. The van der Waals surface area contributed by atoms with Crippen molar-refractivity contribution in [1.82, 2.24) is 20.9 Å². The number of nitrogens with one attached hydrogen (secondary N) is 3. The Morgan fingerprint density at radius 1 is 1.20 bits per heavy atom. The lowest BCUT2D eigenvalue weighted by Gasteiger charge is -2.31. The number of aromatic nitrogens is 1. The summed E-state index contributed by atoms with van der Waals surface area (Å²) in [5.74, 6) is 0.546. The van der Waals surface area contributed by atoms with Gasteiger partial charge in [-0.05, 0) is 53.4 Å². The number of alkyl carbamates (subject to hydrolysis) is 1. The molecule has 0 aliphatic heterocycles. The minimum Gasteiger partial charge on any atom is -0.444 e. The number of thiazole rings is 1. The summed E-state index contributed by atoms with van der Waals surface area (Å²) in [5.41, 5.74) is -1.41. The predicted molar refractivity (Wildman–Crippen MR) is 110 cm³/mol. The molecule has 1 amide bonds. The van der Waals surface area contributed by atoms with Crippen LogP contribution in [0.2, 0.25) is 0 Å². The van der Waals surface area contributed by atoms with Crippen molar-refractivity contribution < 1.29 is 22.7 Å². The van der Waals surface area contributed by atoms with Gasteiger partial charge in [-0.15, -0.1) is 11.3 Å². The second-order valence-corrected chi connectivity index (χ2v) is 9.10. The maximum absolute atomic E-state index is 12.7. The lowest BCUT2D eigenvalue weighted by Crippen LogP contribution is -2.48. The number of ether oxygens (including phenoxy) is 1. The molecule has 11 heteroatoms. The molecule has 0 aromatic carbocycles. The molecule has 1 heterocycles. The third kappa shape index (κ3) is 8.37. The zero-order valence-corrected chi connectivity index (χ0v) is 18.5. The van der Waals surface area contributed by atoms with E-state index in [1.807, 2.05) is 27.7 Å². The highest BCUT2D eigenvalue weighted by molar-refractivity contribution is 7.09. The Labute approximate surface area is 178 Å². The molecule has 1 aliphatic rings. The molecule has 0 radical (unpaired) electrons. The van der Waals surface area contributed by atoms with Crippen LogP contribution in [0.25, 0.3) is 0 Å². The van der Waals surface area contributed by atoms with Gasteiger partial charge >= 0.3 is 12.3 Å². The summed E-state index contributed by atoms with van der Waals surface area (Å²) in [6.45, 7) is 8.10. The van der Waals surface area contributed by atoms with Crippen LogP contribution >= 0.6 is 11.3 Å².